The van der Waals surface area contributed by atoms with Crippen molar-refractivity contribution in [1.82, 2.24) is 10.3 Å². The van der Waals surface area contributed by atoms with Crippen LogP contribution >= 0.6 is 0 Å². The lowest BCUT2D eigenvalue weighted by atomic mass is 10.0. The van der Waals surface area contributed by atoms with Crippen molar-refractivity contribution in [1.29, 1.82) is 0 Å². The Kier molecular flexibility index (Phi) is 5.04. The molecule has 1 amide bonds. The molecular formula is C18H18F2N4O4. The number of aliphatic imine (C=N–C) groups is 1. The van der Waals surface area contributed by atoms with Crippen molar-refractivity contribution < 1.29 is 27.5 Å². The second-order valence-corrected chi connectivity index (χ2v) is 6.04. The summed E-state index contributed by atoms with van der Waals surface area (Å²) in [5, 5.41) is 3.01. The molecule has 3 heterocycles. The zero-order valence-electron chi connectivity index (χ0n) is 15.4. The molecule has 2 aromatic rings. The van der Waals surface area contributed by atoms with Gasteiger partial charge in [-0.15, -0.1) is 8.78 Å². The number of hydrogen-bond donors (Lipinski definition) is 2. The van der Waals surface area contributed by atoms with Gasteiger partial charge in [-0.25, -0.2) is 4.98 Å². The van der Waals surface area contributed by atoms with Gasteiger partial charge >= 0.3 is 6.29 Å². The van der Waals surface area contributed by atoms with Gasteiger partial charge in [0.05, 0.1) is 11.4 Å². The van der Waals surface area contributed by atoms with Crippen LogP contribution in [0.15, 0.2) is 27.7 Å². The lowest BCUT2D eigenvalue weighted by Crippen LogP contribution is -2.25. The van der Waals surface area contributed by atoms with Gasteiger partial charge < -0.3 is 24.9 Å². The van der Waals surface area contributed by atoms with Crippen LogP contribution in [0.4, 0.5) is 8.78 Å². The van der Waals surface area contributed by atoms with E-state index >= 15 is 0 Å². The summed E-state index contributed by atoms with van der Waals surface area (Å²) in [5.74, 6) is 0.124. The summed E-state index contributed by atoms with van der Waals surface area (Å²) >= 11 is 0. The number of halogens is 2. The molecule has 2 aliphatic rings. The second-order valence-electron chi connectivity index (χ2n) is 6.04. The molecular weight excluding hydrogens is 374 g/mol. The fourth-order valence-corrected chi connectivity index (χ4v) is 2.67. The zero-order chi connectivity index (χ0) is 20.5. The van der Waals surface area contributed by atoms with Crippen LogP contribution in [0.5, 0.6) is 11.5 Å². The lowest BCUT2D eigenvalue weighted by molar-refractivity contribution is -0.286. The van der Waals surface area contributed by atoms with Gasteiger partial charge in [0.2, 0.25) is 5.76 Å². The third-order valence-corrected chi connectivity index (χ3v) is 3.83. The van der Waals surface area contributed by atoms with Crippen LogP contribution in [0, 0.1) is 20.8 Å². The molecule has 1 aromatic carbocycles. The van der Waals surface area contributed by atoms with E-state index in [4.69, 9.17) is 10.2 Å². The van der Waals surface area contributed by atoms with E-state index in [9.17, 15) is 13.6 Å². The van der Waals surface area contributed by atoms with Gasteiger partial charge in [0.1, 0.15) is 0 Å². The number of nitrogens with zero attached hydrogens (tertiary/aromatic N) is 2. The Hall–Kier alpha value is -3.43. The third-order valence-electron chi connectivity index (χ3n) is 3.83. The number of ether oxygens (including phenoxy) is 2. The number of aryl methyl sites for hydroxylation is 3. The van der Waals surface area contributed by atoms with Crippen molar-refractivity contribution >= 4 is 17.8 Å². The summed E-state index contributed by atoms with van der Waals surface area (Å²) in [7, 11) is 0. The molecule has 0 saturated heterocycles. The molecule has 0 bridgehead atoms. The summed E-state index contributed by atoms with van der Waals surface area (Å²) in [4.78, 5) is 18.6. The fourth-order valence-electron chi connectivity index (χ4n) is 2.67. The Morgan fingerprint density at radius 2 is 1.89 bits per heavy atom. The van der Waals surface area contributed by atoms with Crippen LogP contribution < -0.4 is 20.5 Å². The largest absolute Gasteiger partial charge is 0.586 e. The van der Waals surface area contributed by atoms with E-state index < -0.39 is 12.2 Å². The number of hydrogen-bond acceptors (Lipinski definition) is 7. The van der Waals surface area contributed by atoms with E-state index in [-0.39, 0.29) is 17.3 Å². The highest BCUT2D eigenvalue weighted by Gasteiger charge is 2.43. The number of benzene rings is 1. The molecule has 10 heteroatoms. The van der Waals surface area contributed by atoms with Gasteiger partial charge in [0, 0.05) is 31.4 Å². The minimum absolute atomic E-state index is 0.0299. The Morgan fingerprint density at radius 1 is 1.21 bits per heavy atom. The van der Waals surface area contributed by atoms with E-state index in [1.165, 1.54) is 12.1 Å². The molecule has 0 unspecified atom stereocenters. The van der Waals surface area contributed by atoms with Crippen molar-refractivity contribution in [3.63, 3.8) is 0 Å². The number of aromatic nitrogens is 1. The van der Waals surface area contributed by atoms with Crippen molar-refractivity contribution in [3.8, 4) is 11.5 Å². The van der Waals surface area contributed by atoms with E-state index in [0.717, 1.165) is 11.1 Å². The predicted molar refractivity (Wildman–Crippen MR) is 96.3 cm³/mol. The van der Waals surface area contributed by atoms with Crippen LogP contribution in [0.3, 0.4) is 0 Å². The molecule has 148 valence electrons. The smallest absolute Gasteiger partial charge is 0.436 e. The van der Waals surface area contributed by atoms with Gasteiger partial charge in [-0.2, -0.15) is 0 Å². The predicted octanol–water partition coefficient (Wildman–Crippen LogP) is 2.68. The van der Waals surface area contributed by atoms with Crippen LogP contribution in [-0.2, 0) is 0 Å². The average molecular weight is 392 g/mol. The molecule has 4 rings (SSSR count). The summed E-state index contributed by atoms with van der Waals surface area (Å²) in [6, 6.07) is 3.04. The molecule has 0 saturated carbocycles. The summed E-state index contributed by atoms with van der Waals surface area (Å²) in [6.45, 7) is 5.81. The molecule has 8 nitrogen and oxygen atoms in total. The van der Waals surface area contributed by atoms with Crippen LogP contribution in [-0.4, -0.2) is 29.9 Å². The Morgan fingerprint density at radius 3 is 2.39 bits per heavy atom. The number of primary amides is 1. The number of nitrogens with one attached hydrogen (secondary N) is 1. The minimum Gasteiger partial charge on any atom is -0.436 e. The van der Waals surface area contributed by atoms with Crippen molar-refractivity contribution in [3.05, 3.63) is 46.8 Å². The highest BCUT2D eigenvalue weighted by molar-refractivity contribution is 5.90. The maximum atomic E-state index is 12.9. The Labute approximate surface area is 159 Å². The Bertz CT molecular complexity index is 982. The van der Waals surface area contributed by atoms with Gasteiger partial charge in [0.25, 0.3) is 5.91 Å². The van der Waals surface area contributed by atoms with Gasteiger partial charge in [0.15, 0.2) is 17.4 Å². The summed E-state index contributed by atoms with van der Waals surface area (Å²) < 4.78 is 39.6. The fraction of sp³-hybridized carbons (Fsp3) is 0.278. The molecule has 1 aromatic heterocycles. The van der Waals surface area contributed by atoms with E-state index in [0.29, 0.717) is 23.8 Å². The van der Waals surface area contributed by atoms with E-state index in [1.807, 2.05) is 0 Å². The van der Waals surface area contributed by atoms with Crippen molar-refractivity contribution in [2.75, 3.05) is 6.54 Å². The highest BCUT2D eigenvalue weighted by Crippen LogP contribution is 2.43. The minimum atomic E-state index is -3.59. The zero-order valence-corrected chi connectivity index (χ0v) is 15.4. The van der Waals surface area contributed by atoms with E-state index in [1.54, 1.807) is 33.2 Å². The number of oxazole rings is 1. The SMILES string of the molecule is Cc1cc2c(cc1C1=CNCC=N1)OC(F)(F)O2.Cc1nc(C)c(C(N)=O)o1. The monoisotopic (exact) mass is 392 g/mol. The first kappa shape index (κ1) is 19.3. The topological polar surface area (TPSA) is 112 Å². The maximum Gasteiger partial charge on any atom is 0.586 e. The highest BCUT2D eigenvalue weighted by atomic mass is 19.3. The molecule has 3 N–H and O–H groups in total. The molecule has 0 radical (unpaired) electrons. The first-order chi connectivity index (χ1) is 13.2. The van der Waals surface area contributed by atoms with Gasteiger partial charge in [-0.3, -0.25) is 9.79 Å². The number of alkyl halides is 2. The maximum absolute atomic E-state index is 12.9. The number of amides is 1. The quantitative estimate of drug-likeness (QED) is 0.813. The molecule has 2 aliphatic heterocycles. The van der Waals surface area contributed by atoms with E-state index in [2.05, 4.69) is 24.8 Å². The van der Waals surface area contributed by atoms with Gasteiger partial charge in [-0.1, -0.05) is 0 Å². The molecule has 0 aliphatic carbocycles. The van der Waals surface area contributed by atoms with Crippen molar-refractivity contribution in [2.24, 2.45) is 10.7 Å². The normalized spacial score (nSPS) is 16.0. The first-order valence-electron chi connectivity index (χ1n) is 8.27. The Balaban J connectivity index is 0.000000192. The first-order valence-corrected chi connectivity index (χ1v) is 8.27. The summed E-state index contributed by atoms with van der Waals surface area (Å²) in [6.07, 6.45) is -0.132. The standard InChI is InChI=1S/C12H10F2N2O2.C6H8N2O2/c1-7-4-10-11(18-12(13,14)17-10)5-8(7)9-6-15-2-3-16-9;1-3-5(6(7)9)10-4(2)8-3/h3-6,15H,2H2,1H3;1-2H3,(H2,7,9). The summed E-state index contributed by atoms with van der Waals surface area (Å²) in [5.41, 5.74) is 7.71. The van der Waals surface area contributed by atoms with Crippen LogP contribution in [0.25, 0.3) is 5.70 Å². The number of nitrogens with two attached hydrogens (primary N) is 1. The lowest BCUT2D eigenvalue weighted by Gasteiger charge is -2.11. The molecule has 0 fully saturated rings. The van der Waals surface area contributed by atoms with Crippen LogP contribution in [0.1, 0.15) is 33.3 Å². The van der Waals surface area contributed by atoms with Crippen LogP contribution in [0.2, 0.25) is 0 Å². The second kappa shape index (κ2) is 7.29. The average Bonchev–Trinajstić information content (AvgIpc) is 3.11. The third kappa shape index (κ3) is 4.11. The molecule has 0 spiro atoms. The number of carbonyl (C=O) groups is 1. The molecule has 0 atom stereocenters. The number of fused-ring (bicyclic) bond motifs is 1. The van der Waals surface area contributed by atoms with Crippen molar-refractivity contribution in [2.45, 2.75) is 27.1 Å². The molecule has 28 heavy (non-hydrogen) atoms. The van der Waals surface area contributed by atoms with Gasteiger partial charge in [-0.05, 0) is 31.5 Å². The number of rotatable bonds is 2. The number of carbonyl (C=O) groups excluding carboxylic acids is 1.